The van der Waals surface area contributed by atoms with Crippen molar-refractivity contribution in [2.24, 2.45) is 0 Å². The van der Waals surface area contributed by atoms with Crippen LogP contribution < -0.4 is 10.5 Å². The molecule has 0 saturated heterocycles. The molecule has 1 saturated carbocycles. The maximum absolute atomic E-state index is 13.0. The van der Waals surface area contributed by atoms with E-state index in [1.54, 1.807) is 0 Å². The number of hydrogen-bond donors (Lipinski definition) is 3. The van der Waals surface area contributed by atoms with Gasteiger partial charge >= 0.3 is 0 Å². The fourth-order valence-corrected chi connectivity index (χ4v) is 3.04. The fourth-order valence-electron chi connectivity index (χ4n) is 1.71. The summed E-state index contributed by atoms with van der Waals surface area (Å²) in [5, 5.41) is 9.06. The van der Waals surface area contributed by atoms with Gasteiger partial charge in [-0.05, 0) is 31.0 Å². The number of sulfonamides is 1. The molecule has 0 unspecified atom stereocenters. The van der Waals surface area contributed by atoms with E-state index in [9.17, 15) is 12.8 Å². The van der Waals surface area contributed by atoms with Gasteiger partial charge in [0.25, 0.3) is 0 Å². The first-order chi connectivity index (χ1) is 7.87. The molecule has 0 bridgehead atoms. The van der Waals surface area contributed by atoms with Crippen LogP contribution in [0.4, 0.5) is 10.1 Å². The maximum Gasteiger partial charge on any atom is 0.241 e. The Hall–Kier alpha value is -1.18. The van der Waals surface area contributed by atoms with Gasteiger partial charge in [-0.25, -0.2) is 17.5 Å². The van der Waals surface area contributed by atoms with Crippen molar-refractivity contribution in [3.8, 4) is 0 Å². The van der Waals surface area contributed by atoms with Crippen LogP contribution in [-0.4, -0.2) is 25.7 Å². The highest BCUT2D eigenvalue weighted by molar-refractivity contribution is 7.89. The number of anilines is 1. The highest BCUT2D eigenvalue weighted by Crippen LogP contribution is 2.23. The van der Waals surface area contributed by atoms with Gasteiger partial charge in [-0.2, -0.15) is 0 Å². The largest absolute Gasteiger partial charge is 0.399 e. The van der Waals surface area contributed by atoms with Crippen LogP contribution in [0.1, 0.15) is 12.8 Å². The standard InChI is InChI=1S/C10H13FN2O3S/c11-6-1-7(12)3-10(2-6)17(15,16)13-8-4-9(14)5-8/h1-3,8-9,13-14H,4-5,12H2. The molecule has 1 aromatic rings. The zero-order valence-electron chi connectivity index (χ0n) is 8.93. The molecule has 0 amide bonds. The Kier molecular flexibility index (Phi) is 3.07. The van der Waals surface area contributed by atoms with Gasteiger partial charge in [0, 0.05) is 11.7 Å². The molecule has 0 aliphatic heterocycles. The second kappa shape index (κ2) is 4.25. The van der Waals surface area contributed by atoms with Crippen LogP contribution in [0.5, 0.6) is 0 Å². The predicted molar refractivity (Wildman–Crippen MR) is 60.2 cm³/mol. The monoisotopic (exact) mass is 260 g/mol. The summed E-state index contributed by atoms with van der Waals surface area (Å²) in [6.07, 6.45) is 0.300. The average molecular weight is 260 g/mol. The zero-order chi connectivity index (χ0) is 12.6. The van der Waals surface area contributed by atoms with Crippen LogP contribution in [0, 0.1) is 5.82 Å². The lowest BCUT2D eigenvalue weighted by atomic mass is 9.91. The Morgan fingerprint density at radius 1 is 1.35 bits per heavy atom. The molecule has 4 N–H and O–H groups in total. The topological polar surface area (TPSA) is 92.4 Å². The molecule has 5 nitrogen and oxygen atoms in total. The maximum atomic E-state index is 13.0. The molecule has 1 aliphatic carbocycles. The minimum Gasteiger partial charge on any atom is -0.399 e. The van der Waals surface area contributed by atoms with E-state index in [0.29, 0.717) is 12.8 Å². The summed E-state index contributed by atoms with van der Waals surface area (Å²) in [6, 6.07) is 2.86. The van der Waals surface area contributed by atoms with E-state index in [4.69, 9.17) is 10.8 Å². The number of halogens is 1. The van der Waals surface area contributed by atoms with Crippen LogP contribution in [0.3, 0.4) is 0 Å². The molecule has 1 aliphatic rings. The van der Waals surface area contributed by atoms with Crippen molar-refractivity contribution in [1.82, 2.24) is 4.72 Å². The Balaban J connectivity index is 2.19. The summed E-state index contributed by atoms with van der Waals surface area (Å²) < 4.78 is 39.1. The molecule has 1 fully saturated rings. The lowest BCUT2D eigenvalue weighted by Gasteiger charge is -2.31. The summed E-state index contributed by atoms with van der Waals surface area (Å²) >= 11 is 0. The molecule has 17 heavy (non-hydrogen) atoms. The zero-order valence-corrected chi connectivity index (χ0v) is 9.74. The van der Waals surface area contributed by atoms with E-state index >= 15 is 0 Å². The Labute approximate surface area is 98.5 Å². The number of hydrogen-bond acceptors (Lipinski definition) is 4. The second-order valence-electron chi connectivity index (χ2n) is 4.16. The fraction of sp³-hybridized carbons (Fsp3) is 0.400. The lowest BCUT2D eigenvalue weighted by molar-refractivity contribution is 0.0712. The van der Waals surface area contributed by atoms with Gasteiger partial charge < -0.3 is 10.8 Å². The Bertz CT molecular complexity index is 506. The van der Waals surface area contributed by atoms with Gasteiger partial charge in [-0.1, -0.05) is 0 Å². The number of rotatable bonds is 3. The van der Waals surface area contributed by atoms with Gasteiger partial charge in [0.1, 0.15) is 5.82 Å². The molecule has 2 rings (SSSR count). The third kappa shape index (κ3) is 2.74. The van der Waals surface area contributed by atoms with E-state index in [1.165, 1.54) is 6.07 Å². The number of aliphatic hydroxyl groups excluding tert-OH is 1. The first-order valence-electron chi connectivity index (χ1n) is 5.13. The number of nitrogens with two attached hydrogens (primary N) is 1. The first-order valence-corrected chi connectivity index (χ1v) is 6.61. The van der Waals surface area contributed by atoms with E-state index < -0.39 is 21.9 Å². The minimum absolute atomic E-state index is 0.0546. The second-order valence-corrected chi connectivity index (χ2v) is 5.88. The van der Waals surface area contributed by atoms with Gasteiger partial charge in [-0.3, -0.25) is 0 Å². The molecule has 0 heterocycles. The van der Waals surface area contributed by atoms with E-state index in [-0.39, 0.29) is 16.6 Å². The number of benzene rings is 1. The summed E-state index contributed by atoms with van der Waals surface area (Å²) in [6.45, 7) is 0. The molecule has 0 spiro atoms. The van der Waals surface area contributed by atoms with Crippen LogP contribution in [0.25, 0.3) is 0 Å². The highest BCUT2D eigenvalue weighted by atomic mass is 32.2. The van der Waals surface area contributed by atoms with Crippen molar-refractivity contribution >= 4 is 15.7 Å². The van der Waals surface area contributed by atoms with Crippen molar-refractivity contribution in [3.63, 3.8) is 0 Å². The van der Waals surface area contributed by atoms with Crippen LogP contribution in [0.2, 0.25) is 0 Å². The van der Waals surface area contributed by atoms with Crippen molar-refractivity contribution < 1.29 is 17.9 Å². The van der Waals surface area contributed by atoms with Crippen LogP contribution in [0.15, 0.2) is 23.1 Å². The molecule has 1 aromatic carbocycles. The van der Waals surface area contributed by atoms with Gasteiger partial charge in [-0.15, -0.1) is 0 Å². The molecule has 94 valence electrons. The summed E-state index contributed by atoms with van der Waals surface area (Å²) in [5.74, 6) is -0.695. The Morgan fingerprint density at radius 2 is 2.00 bits per heavy atom. The molecular weight excluding hydrogens is 247 g/mol. The quantitative estimate of drug-likeness (QED) is 0.677. The van der Waals surface area contributed by atoms with Gasteiger partial charge in [0.15, 0.2) is 0 Å². The number of nitrogens with one attached hydrogen (secondary N) is 1. The van der Waals surface area contributed by atoms with Gasteiger partial charge in [0.05, 0.1) is 11.0 Å². The third-order valence-corrected chi connectivity index (χ3v) is 4.14. The number of nitrogen functional groups attached to an aromatic ring is 1. The van der Waals surface area contributed by atoms with Crippen LogP contribution in [-0.2, 0) is 10.0 Å². The summed E-state index contributed by atoms with van der Waals surface area (Å²) in [5.41, 5.74) is 5.44. The van der Waals surface area contributed by atoms with E-state index in [2.05, 4.69) is 4.72 Å². The SMILES string of the molecule is Nc1cc(F)cc(S(=O)(=O)NC2CC(O)C2)c1. The van der Waals surface area contributed by atoms with Crippen molar-refractivity contribution in [2.75, 3.05) is 5.73 Å². The summed E-state index contributed by atoms with van der Waals surface area (Å²) in [7, 11) is -3.77. The normalized spacial score (nSPS) is 24.4. The van der Waals surface area contributed by atoms with Crippen molar-refractivity contribution in [3.05, 3.63) is 24.0 Å². The molecule has 0 radical (unpaired) electrons. The minimum atomic E-state index is -3.77. The molecule has 0 atom stereocenters. The van der Waals surface area contributed by atoms with E-state index in [1.807, 2.05) is 0 Å². The number of aliphatic hydroxyl groups is 1. The molecule has 0 aromatic heterocycles. The lowest BCUT2D eigenvalue weighted by Crippen LogP contribution is -2.46. The van der Waals surface area contributed by atoms with Crippen molar-refractivity contribution in [2.45, 2.75) is 29.9 Å². The predicted octanol–water partition coefficient (Wildman–Crippen LogP) is 0.209. The van der Waals surface area contributed by atoms with Crippen molar-refractivity contribution in [1.29, 1.82) is 0 Å². The third-order valence-electron chi connectivity index (χ3n) is 2.64. The smallest absolute Gasteiger partial charge is 0.241 e. The summed E-state index contributed by atoms with van der Waals surface area (Å²) in [4.78, 5) is -0.198. The first kappa shape index (κ1) is 12.3. The average Bonchev–Trinajstić information content (AvgIpc) is 2.13. The Morgan fingerprint density at radius 3 is 2.53 bits per heavy atom. The van der Waals surface area contributed by atoms with Crippen LogP contribution >= 0.6 is 0 Å². The van der Waals surface area contributed by atoms with E-state index in [0.717, 1.165) is 12.1 Å². The molecular formula is C10H13FN2O3S. The molecule has 7 heteroatoms. The van der Waals surface area contributed by atoms with Gasteiger partial charge in [0.2, 0.25) is 10.0 Å². The highest BCUT2D eigenvalue weighted by Gasteiger charge is 2.31.